The Labute approximate surface area is 244 Å². The van der Waals surface area contributed by atoms with Gasteiger partial charge in [-0.25, -0.2) is 4.39 Å². The number of hydrogen-bond donors (Lipinski definition) is 2. The number of carbonyl (C=O) groups excluding carboxylic acids is 2. The van der Waals surface area contributed by atoms with Gasteiger partial charge in [-0.1, -0.05) is 44.7 Å². The standard InChI is InChI=1S/C33H47FN2O5/c1-3-4-5-9-22-41-29-18-14-26(15-19-29)33(39)30(24-36-21-20-27(34)23-36)35-32(38)11-8-6-7-10-31(37)25-12-16-28(40-2)17-13-25/h12-19,27,30,33,39H,3-11,20-24H2,1-2H3,(H,35,38)/t27-,30-,33-/m1/s1. The minimum atomic E-state index is -0.932. The molecule has 2 aromatic carbocycles. The fourth-order valence-electron chi connectivity index (χ4n) is 5.11. The summed E-state index contributed by atoms with van der Waals surface area (Å²) in [7, 11) is 1.59. The lowest BCUT2D eigenvalue weighted by Gasteiger charge is -2.29. The SMILES string of the molecule is CCCCCCOc1ccc([C@@H](O)[C@@H](CN2CC[C@@H](F)C2)NC(=O)CCCCCC(=O)c2ccc(OC)cc2)cc1. The van der Waals surface area contributed by atoms with Crippen LogP contribution in [-0.4, -0.2) is 67.3 Å². The van der Waals surface area contributed by atoms with Crippen LogP contribution < -0.4 is 14.8 Å². The lowest BCUT2D eigenvalue weighted by atomic mass is 10.0. The van der Waals surface area contributed by atoms with Gasteiger partial charge in [0.15, 0.2) is 5.78 Å². The van der Waals surface area contributed by atoms with Gasteiger partial charge in [0.2, 0.25) is 5.91 Å². The molecule has 0 radical (unpaired) electrons. The smallest absolute Gasteiger partial charge is 0.220 e. The number of methoxy groups -OCH3 is 1. The normalized spacial score (nSPS) is 16.7. The number of ether oxygens (including phenoxy) is 2. The quantitative estimate of drug-likeness (QED) is 0.158. The number of Topliss-reactive ketones (excluding diaryl/α,β-unsaturated/α-hetero) is 1. The number of unbranched alkanes of at least 4 members (excludes halogenated alkanes) is 5. The summed E-state index contributed by atoms with van der Waals surface area (Å²) in [5.41, 5.74) is 1.34. The van der Waals surface area contributed by atoms with E-state index in [1.807, 2.05) is 29.2 Å². The van der Waals surface area contributed by atoms with E-state index in [1.165, 1.54) is 12.8 Å². The number of benzene rings is 2. The number of nitrogens with one attached hydrogen (secondary N) is 1. The van der Waals surface area contributed by atoms with E-state index < -0.39 is 18.3 Å². The van der Waals surface area contributed by atoms with Crippen molar-refractivity contribution in [2.24, 2.45) is 0 Å². The highest BCUT2D eigenvalue weighted by molar-refractivity contribution is 5.96. The molecule has 0 bridgehead atoms. The number of hydrogen-bond acceptors (Lipinski definition) is 6. The van der Waals surface area contributed by atoms with Gasteiger partial charge in [-0.2, -0.15) is 0 Å². The molecule has 1 aliphatic rings. The van der Waals surface area contributed by atoms with Crippen molar-refractivity contribution in [1.82, 2.24) is 10.2 Å². The van der Waals surface area contributed by atoms with Crippen molar-refractivity contribution in [2.75, 3.05) is 33.4 Å². The summed E-state index contributed by atoms with van der Waals surface area (Å²) in [6, 6.07) is 13.9. The van der Waals surface area contributed by atoms with E-state index in [0.29, 0.717) is 75.2 Å². The molecule has 0 saturated carbocycles. The number of amides is 1. The van der Waals surface area contributed by atoms with E-state index in [9.17, 15) is 19.1 Å². The lowest BCUT2D eigenvalue weighted by molar-refractivity contribution is -0.123. The molecular formula is C33H47FN2O5. The first-order valence-corrected chi connectivity index (χ1v) is 15.1. The molecule has 226 valence electrons. The first-order chi connectivity index (χ1) is 19.9. The highest BCUT2D eigenvalue weighted by atomic mass is 19.1. The van der Waals surface area contributed by atoms with Crippen molar-refractivity contribution < 1.29 is 28.6 Å². The zero-order valence-corrected chi connectivity index (χ0v) is 24.7. The molecular weight excluding hydrogens is 523 g/mol. The van der Waals surface area contributed by atoms with E-state index in [-0.39, 0.29) is 11.7 Å². The maximum atomic E-state index is 13.8. The van der Waals surface area contributed by atoms with Gasteiger partial charge >= 0.3 is 0 Å². The van der Waals surface area contributed by atoms with Crippen LogP contribution in [0.1, 0.15) is 93.2 Å². The Morgan fingerprint density at radius 3 is 2.32 bits per heavy atom. The first kappa shape index (κ1) is 32.5. The molecule has 3 rings (SSSR count). The zero-order valence-electron chi connectivity index (χ0n) is 24.7. The highest BCUT2D eigenvalue weighted by Crippen LogP contribution is 2.23. The molecule has 1 aliphatic heterocycles. The Morgan fingerprint density at radius 1 is 0.976 bits per heavy atom. The Hall–Kier alpha value is -2.97. The predicted octanol–water partition coefficient (Wildman–Crippen LogP) is 6.05. The van der Waals surface area contributed by atoms with Gasteiger partial charge in [-0.3, -0.25) is 14.5 Å². The van der Waals surface area contributed by atoms with Crippen LogP contribution in [0, 0.1) is 0 Å². The van der Waals surface area contributed by atoms with Gasteiger partial charge < -0.3 is 19.9 Å². The van der Waals surface area contributed by atoms with Crippen LogP contribution in [0.25, 0.3) is 0 Å². The van der Waals surface area contributed by atoms with Crippen LogP contribution in [0.4, 0.5) is 4.39 Å². The molecule has 1 fully saturated rings. The Bertz CT molecular complexity index is 1050. The van der Waals surface area contributed by atoms with Gasteiger partial charge in [0.1, 0.15) is 23.8 Å². The largest absolute Gasteiger partial charge is 0.497 e. The third kappa shape index (κ3) is 11.4. The average Bonchev–Trinajstić information content (AvgIpc) is 3.40. The van der Waals surface area contributed by atoms with E-state index in [0.717, 1.165) is 25.0 Å². The molecule has 8 heteroatoms. The number of aliphatic hydroxyl groups is 1. The molecule has 0 unspecified atom stereocenters. The van der Waals surface area contributed by atoms with Crippen LogP contribution in [-0.2, 0) is 4.79 Å². The molecule has 3 atom stereocenters. The summed E-state index contributed by atoms with van der Waals surface area (Å²) in [6.07, 6.45) is 6.01. The first-order valence-electron chi connectivity index (χ1n) is 15.1. The Balaban J connectivity index is 1.46. The van der Waals surface area contributed by atoms with E-state index in [1.54, 1.807) is 31.4 Å². The zero-order chi connectivity index (χ0) is 29.5. The van der Waals surface area contributed by atoms with Crippen molar-refractivity contribution in [3.05, 3.63) is 59.7 Å². The summed E-state index contributed by atoms with van der Waals surface area (Å²) >= 11 is 0. The van der Waals surface area contributed by atoms with Gasteiger partial charge in [-0.15, -0.1) is 0 Å². The Morgan fingerprint density at radius 2 is 1.66 bits per heavy atom. The summed E-state index contributed by atoms with van der Waals surface area (Å²) in [4.78, 5) is 27.2. The number of halogens is 1. The minimum absolute atomic E-state index is 0.0741. The van der Waals surface area contributed by atoms with E-state index in [4.69, 9.17) is 9.47 Å². The molecule has 2 aromatic rings. The van der Waals surface area contributed by atoms with Crippen molar-refractivity contribution in [1.29, 1.82) is 0 Å². The molecule has 1 heterocycles. The summed E-state index contributed by atoms with van der Waals surface area (Å²) in [6.45, 7) is 4.13. The van der Waals surface area contributed by atoms with Crippen molar-refractivity contribution >= 4 is 11.7 Å². The van der Waals surface area contributed by atoms with Crippen molar-refractivity contribution in [2.45, 2.75) is 89.4 Å². The summed E-state index contributed by atoms with van der Waals surface area (Å²) < 4.78 is 24.8. The molecule has 0 aliphatic carbocycles. The third-order valence-corrected chi connectivity index (χ3v) is 7.61. The maximum absolute atomic E-state index is 13.8. The van der Waals surface area contributed by atoms with Gasteiger partial charge in [0.05, 0.1) is 19.8 Å². The monoisotopic (exact) mass is 570 g/mol. The second kappa shape index (κ2) is 17.8. The van der Waals surface area contributed by atoms with E-state index >= 15 is 0 Å². The average molecular weight is 571 g/mol. The molecule has 7 nitrogen and oxygen atoms in total. The number of ketones is 1. The maximum Gasteiger partial charge on any atom is 0.220 e. The number of nitrogens with zero attached hydrogens (tertiary/aromatic N) is 1. The number of carbonyl (C=O) groups is 2. The number of rotatable bonds is 19. The topological polar surface area (TPSA) is 88.1 Å². The second-order valence-electron chi connectivity index (χ2n) is 11.0. The number of aliphatic hydroxyl groups excluding tert-OH is 1. The van der Waals surface area contributed by atoms with Crippen LogP contribution in [0.5, 0.6) is 11.5 Å². The number of likely N-dealkylation sites (tertiary alicyclic amines) is 1. The summed E-state index contributed by atoms with van der Waals surface area (Å²) in [5, 5.41) is 14.2. The second-order valence-corrected chi connectivity index (χ2v) is 11.0. The van der Waals surface area contributed by atoms with Crippen LogP contribution in [0.15, 0.2) is 48.5 Å². The van der Waals surface area contributed by atoms with Crippen LogP contribution in [0.3, 0.4) is 0 Å². The lowest BCUT2D eigenvalue weighted by Crippen LogP contribution is -2.46. The van der Waals surface area contributed by atoms with Gasteiger partial charge in [-0.05, 0) is 67.6 Å². The van der Waals surface area contributed by atoms with Crippen molar-refractivity contribution in [3.63, 3.8) is 0 Å². The highest BCUT2D eigenvalue weighted by Gasteiger charge is 2.29. The third-order valence-electron chi connectivity index (χ3n) is 7.61. The fourth-order valence-corrected chi connectivity index (χ4v) is 5.11. The van der Waals surface area contributed by atoms with Gasteiger partial charge in [0, 0.05) is 38.0 Å². The van der Waals surface area contributed by atoms with Gasteiger partial charge in [0.25, 0.3) is 0 Å². The molecule has 1 amide bonds. The molecule has 2 N–H and O–H groups in total. The van der Waals surface area contributed by atoms with Crippen LogP contribution in [0.2, 0.25) is 0 Å². The molecule has 0 aromatic heterocycles. The van der Waals surface area contributed by atoms with Crippen molar-refractivity contribution in [3.8, 4) is 11.5 Å². The summed E-state index contributed by atoms with van der Waals surface area (Å²) in [5.74, 6) is 1.39. The fraction of sp³-hybridized carbons (Fsp3) is 0.576. The molecule has 41 heavy (non-hydrogen) atoms. The van der Waals surface area contributed by atoms with E-state index in [2.05, 4.69) is 12.2 Å². The molecule has 0 spiro atoms. The minimum Gasteiger partial charge on any atom is -0.497 e. The molecule has 1 saturated heterocycles. The predicted molar refractivity (Wildman–Crippen MR) is 159 cm³/mol. The van der Waals surface area contributed by atoms with Crippen LogP contribution >= 0.6 is 0 Å². The Kier molecular flexibility index (Phi) is 14.1. The number of alkyl halides is 1.